The SMILES string of the molecule is N[C@@H](Cc1cnc[nH]1)c1nc(Cc2cccc(Cl)c2)no1. The number of H-pyrrole nitrogens is 1. The van der Waals surface area contributed by atoms with E-state index in [1.54, 1.807) is 12.5 Å². The molecular formula is C14H14ClN5O. The zero-order chi connectivity index (χ0) is 14.7. The van der Waals surface area contributed by atoms with Crippen LogP contribution in [0.15, 0.2) is 41.3 Å². The summed E-state index contributed by atoms with van der Waals surface area (Å²) in [6.45, 7) is 0. The summed E-state index contributed by atoms with van der Waals surface area (Å²) in [6, 6.07) is 7.20. The molecule has 0 aliphatic heterocycles. The largest absolute Gasteiger partial charge is 0.348 e. The third kappa shape index (κ3) is 3.48. The quantitative estimate of drug-likeness (QED) is 0.754. The van der Waals surface area contributed by atoms with Crippen molar-refractivity contribution < 1.29 is 4.52 Å². The molecular weight excluding hydrogens is 290 g/mol. The van der Waals surface area contributed by atoms with Crippen LogP contribution in [0.4, 0.5) is 0 Å². The summed E-state index contributed by atoms with van der Waals surface area (Å²) in [5, 5.41) is 4.64. The standard InChI is InChI=1S/C14H14ClN5O/c15-10-3-1-2-9(4-10)5-13-19-14(21-20-13)12(16)6-11-7-17-8-18-11/h1-4,7-8,12H,5-6,16H2,(H,17,18)/t12-/m0/s1. The van der Waals surface area contributed by atoms with Crippen molar-refractivity contribution in [2.75, 3.05) is 0 Å². The number of aromatic nitrogens is 4. The molecule has 2 heterocycles. The smallest absolute Gasteiger partial charge is 0.243 e. The van der Waals surface area contributed by atoms with Crippen molar-refractivity contribution in [3.63, 3.8) is 0 Å². The van der Waals surface area contributed by atoms with Gasteiger partial charge in [0.15, 0.2) is 5.82 Å². The van der Waals surface area contributed by atoms with Gasteiger partial charge in [0.1, 0.15) is 0 Å². The number of benzene rings is 1. The molecule has 0 saturated carbocycles. The molecule has 108 valence electrons. The molecule has 0 aliphatic rings. The third-order valence-electron chi connectivity index (χ3n) is 3.05. The minimum absolute atomic E-state index is 0.355. The van der Waals surface area contributed by atoms with Crippen molar-refractivity contribution in [1.82, 2.24) is 20.1 Å². The average Bonchev–Trinajstić information content (AvgIpc) is 3.10. The minimum Gasteiger partial charge on any atom is -0.348 e. The van der Waals surface area contributed by atoms with E-state index in [-0.39, 0.29) is 6.04 Å². The predicted molar refractivity (Wildman–Crippen MR) is 77.8 cm³/mol. The van der Waals surface area contributed by atoms with E-state index in [9.17, 15) is 0 Å². The maximum Gasteiger partial charge on any atom is 0.243 e. The third-order valence-corrected chi connectivity index (χ3v) is 3.28. The molecule has 0 aliphatic carbocycles. The van der Waals surface area contributed by atoms with E-state index >= 15 is 0 Å². The van der Waals surface area contributed by atoms with Gasteiger partial charge in [0.2, 0.25) is 5.89 Å². The van der Waals surface area contributed by atoms with Gasteiger partial charge in [0, 0.05) is 29.8 Å². The number of hydrogen-bond donors (Lipinski definition) is 2. The lowest BCUT2D eigenvalue weighted by Crippen LogP contribution is -2.14. The zero-order valence-corrected chi connectivity index (χ0v) is 11.9. The van der Waals surface area contributed by atoms with Gasteiger partial charge in [-0.1, -0.05) is 28.9 Å². The molecule has 1 aromatic carbocycles. The molecule has 0 fully saturated rings. The van der Waals surface area contributed by atoms with Gasteiger partial charge in [-0.15, -0.1) is 0 Å². The van der Waals surface area contributed by atoms with Crippen molar-refractivity contribution in [3.8, 4) is 0 Å². The number of halogens is 1. The van der Waals surface area contributed by atoms with Crippen LogP contribution in [0.5, 0.6) is 0 Å². The number of nitrogens with zero attached hydrogens (tertiary/aromatic N) is 3. The highest BCUT2D eigenvalue weighted by atomic mass is 35.5. The van der Waals surface area contributed by atoms with E-state index in [4.69, 9.17) is 21.9 Å². The summed E-state index contributed by atoms with van der Waals surface area (Å²) in [6.07, 6.45) is 4.46. The topological polar surface area (TPSA) is 93.6 Å². The van der Waals surface area contributed by atoms with Crippen molar-refractivity contribution in [2.45, 2.75) is 18.9 Å². The van der Waals surface area contributed by atoms with E-state index in [0.717, 1.165) is 11.3 Å². The molecule has 1 atom stereocenters. The van der Waals surface area contributed by atoms with Crippen molar-refractivity contribution in [3.05, 3.63) is 64.8 Å². The van der Waals surface area contributed by atoms with Crippen LogP contribution in [-0.2, 0) is 12.8 Å². The number of nitrogens with two attached hydrogens (primary N) is 1. The van der Waals surface area contributed by atoms with Gasteiger partial charge in [-0.05, 0) is 17.7 Å². The monoisotopic (exact) mass is 303 g/mol. The second kappa shape index (κ2) is 6.07. The molecule has 7 heteroatoms. The Kier molecular flexibility index (Phi) is 3.98. The lowest BCUT2D eigenvalue weighted by Gasteiger charge is -2.03. The van der Waals surface area contributed by atoms with Crippen molar-refractivity contribution in [2.24, 2.45) is 5.73 Å². The maximum atomic E-state index is 6.05. The van der Waals surface area contributed by atoms with E-state index in [1.165, 1.54) is 0 Å². The highest BCUT2D eigenvalue weighted by Gasteiger charge is 2.16. The molecule has 3 aromatic rings. The summed E-state index contributed by atoms with van der Waals surface area (Å²) < 4.78 is 5.22. The van der Waals surface area contributed by atoms with Crippen LogP contribution in [0.2, 0.25) is 5.02 Å². The summed E-state index contributed by atoms with van der Waals surface area (Å²) in [7, 11) is 0. The fourth-order valence-electron chi connectivity index (χ4n) is 2.04. The second-order valence-electron chi connectivity index (χ2n) is 4.74. The Hall–Kier alpha value is -2.18. The Morgan fingerprint density at radius 1 is 1.38 bits per heavy atom. The molecule has 2 aromatic heterocycles. The van der Waals surface area contributed by atoms with E-state index in [0.29, 0.717) is 29.6 Å². The van der Waals surface area contributed by atoms with Gasteiger partial charge < -0.3 is 15.2 Å². The Bertz CT molecular complexity index is 710. The lowest BCUT2D eigenvalue weighted by molar-refractivity contribution is 0.350. The number of imidazole rings is 1. The molecule has 0 unspecified atom stereocenters. The average molecular weight is 304 g/mol. The van der Waals surface area contributed by atoms with Crippen LogP contribution in [0.3, 0.4) is 0 Å². The van der Waals surface area contributed by atoms with Crippen LogP contribution < -0.4 is 5.73 Å². The first-order valence-corrected chi connectivity index (χ1v) is 6.88. The maximum absolute atomic E-state index is 6.05. The molecule has 0 radical (unpaired) electrons. The Balaban J connectivity index is 1.68. The fourth-order valence-corrected chi connectivity index (χ4v) is 2.25. The molecule has 6 nitrogen and oxygen atoms in total. The van der Waals surface area contributed by atoms with Gasteiger partial charge in [0.05, 0.1) is 12.4 Å². The van der Waals surface area contributed by atoms with Gasteiger partial charge in [-0.25, -0.2) is 4.98 Å². The highest BCUT2D eigenvalue weighted by molar-refractivity contribution is 6.30. The van der Waals surface area contributed by atoms with Gasteiger partial charge >= 0.3 is 0 Å². The van der Waals surface area contributed by atoms with E-state index < -0.39 is 0 Å². The first kappa shape index (κ1) is 13.8. The first-order chi connectivity index (χ1) is 10.2. The van der Waals surface area contributed by atoms with Crippen molar-refractivity contribution >= 4 is 11.6 Å². The Labute approximate surface area is 126 Å². The Morgan fingerprint density at radius 2 is 2.29 bits per heavy atom. The van der Waals surface area contributed by atoms with Gasteiger partial charge in [-0.2, -0.15) is 4.98 Å². The summed E-state index contributed by atoms with van der Waals surface area (Å²) >= 11 is 5.95. The zero-order valence-electron chi connectivity index (χ0n) is 11.2. The second-order valence-corrected chi connectivity index (χ2v) is 5.18. The molecule has 0 saturated heterocycles. The summed E-state index contributed by atoms with van der Waals surface area (Å²) in [5.41, 5.74) is 8.00. The van der Waals surface area contributed by atoms with Crippen molar-refractivity contribution in [1.29, 1.82) is 0 Å². The number of hydrogen-bond acceptors (Lipinski definition) is 5. The minimum atomic E-state index is -0.355. The van der Waals surface area contributed by atoms with Crippen LogP contribution >= 0.6 is 11.6 Å². The molecule has 0 bridgehead atoms. The molecule has 3 N–H and O–H groups in total. The van der Waals surface area contributed by atoms with Gasteiger partial charge in [0.25, 0.3) is 0 Å². The van der Waals surface area contributed by atoms with Crippen LogP contribution in [0.1, 0.15) is 29.0 Å². The molecule has 0 spiro atoms. The van der Waals surface area contributed by atoms with E-state index in [2.05, 4.69) is 20.1 Å². The molecule has 3 rings (SSSR count). The van der Waals surface area contributed by atoms with E-state index in [1.807, 2.05) is 24.3 Å². The van der Waals surface area contributed by atoms with Crippen LogP contribution in [0, 0.1) is 0 Å². The Morgan fingerprint density at radius 3 is 3.05 bits per heavy atom. The number of aromatic amines is 1. The van der Waals surface area contributed by atoms with Gasteiger partial charge in [-0.3, -0.25) is 0 Å². The summed E-state index contributed by atoms with van der Waals surface area (Å²) in [5.74, 6) is 1.01. The molecule has 21 heavy (non-hydrogen) atoms. The van der Waals surface area contributed by atoms with Crippen LogP contribution in [0.25, 0.3) is 0 Å². The lowest BCUT2D eigenvalue weighted by atomic mass is 10.1. The normalized spacial score (nSPS) is 12.5. The summed E-state index contributed by atoms with van der Waals surface area (Å²) in [4.78, 5) is 11.3. The first-order valence-electron chi connectivity index (χ1n) is 6.50. The predicted octanol–water partition coefficient (Wildman–Crippen LogP) is 2.28. The fraction of sp³-hybridized carbons (Fsp3) is 0.214. The van der Waals surface area contributed by atoms with Crippen LogP contribution in [-0.4, -0.2) is 20.1 Å². The highest BCUT2D eigenvalue weighted by Crippen LogP contribution is 2.16. The molecule has 0 amide bonds. The number of nitrogens with one attached hydrogen (secondary N) is 1. The number of rotatable bonds is 5.